The van der Waals surface area contributed by atoms with Crippen molar-refractivity contribution >= 4 is 5.97 Å². The van der Waals surface area contributed by atoms with E-state index < -0.39 is 0 Å². The van der Waals surface area contributed by atoms with Crippen LogP contribution in [0.4, 0.5) is 0 Å². The largest absolute Gasteiger partial charge is 0.492 e. The van der Waals surface area contributed by atoms with Gasteiger partial charge in [-0.05, 0) is 72.4 Å². The van der Waals surface area contributed by atoms with Gasteiger partial charge in [-0.3, -0.25) is 0 Å². The van der Waals surface area contributed by atoms with Crippen molar-refractivity contribution in [1.29, 1.82) is 5.26 Å². The normalized spacial score (nSPS) is 10.5. The first-order valence-corrected chi connectivity index (χ1v) is 12.2. The summed E-state index contributed by atoms with van der Waals surface area (Å²) in [5, 5.41) is 9.53. The average molecular weight is 456 g/mol. The third-order valence-corrected chi connectivity index (χ3v) is 5.76. The van der Waals surface area contributed by atoms with Gasteiger partial charge in [0.2, 0.25) is 0 Å². The number of nitriles is 1. The van der Waals surface area contributed by atoms with Crippen molar-refractivity contribution in [3.05, 3.63) is 83.4 Å². The minimum absolute atomic E-state index is 0.390. The molecule has 0 aliphatic rings. The molecule has 34 heavy (non-hydrogen) atoms. The topological polar surface area (TPSA) is 59.3 Å². The fourth-order valence-corrected chi connectivity index (χ4v) is 3.72. The Labute approximate surface area is 203 Å². The third kappa shape index (κ3) is 7.22. The van der Waals surface area contributed by atoms with Gasteiger partial charge in [0.05, 0.1) is 17.7 Å². The van der Waals surface area contributed by atoms with Crippen molar-refractivity contribution in [2.75, 3.05) is 6.61 Å². The molecule has 176 valence electrons. The SMILES string of the molecule is CCCCCOc1ccc(-c2ccc(C(=O)Oc3ccc(CCCCC)cc3)cc2)cc1C#N. The minimum atomic E-state index is -0.390. The summed E-state index contributed by atoms with van der Waals surface area (Å²) in [6.07, 6.45) is 7.86. The van der Waals surface area contributed by atoms with Crippen LogP contribution in [0.2, 0.25) is 0 Å². The van der Waals surface area contributed by atoms with Crippen LogP contribution in [-0.4, -0.2) is 12.6 Å². The summed E-state index contributed by atoms with van der Waals surface area (Å²) in [5.74, 6) is 0.763. The zero-order valence-corrected chi connectivity index (χ0v) is 20.2. The van der Waals surface area contributed by atoms with Crippen molar-refractivity contribution in [3.63, 3.8) is 0 Å². The van der Waals surface area contributed by atoms with Crippen LogP contribution in [0.3, 0.4) is 0 Å². The van der Waals surface area contributed by atoms with Crippen molar-refractivity contribution in [2.45, 2.75) is 58.8 Å². The molecule has 0 bridgehead atoms. The van der Waals surface area contributed by atoms with E-state index >= 15 is 0 Å². The number of unbranched alkanes of at least 4 members (excludes halogenated alkanes) is 4. The van der Waals surface area contributed by atoms with Crippen LogP contribution in [0.15, 0.2) is 66.7 Å². The summed E-state index contributed by atoms with van der Waals surface area (Å²) < 4.78 is 11.3. The highest BCUT2D eigenvalue weighted by Crippen LogP contribution is 2.27. The maximum absolute atomic E-state index is 12.6. The van der Waals surface area contributed by atoms with E-state index in [9.17, 15) is 10.1 Å². The lowest BCUT2D eigenvalue weighted by Gasteiger charge is -2.10. The van der Waals surface area contributed by atoms with Gasteiger partial charge in [0.1, 0.15) is 17.6 Å². The van der Waals surface area contributed by atoms with Crippen LogP contribution >= 0.6 is 0 Å². The van der Waals surface area contributed by atoms with Crippen LogP contribution in [0.25, 0.3) is 11.1 Å². The zero-order valence-electron chi connectivity index (χ0n) is 20.2. The molecule has 4 nitrogen and oxygen atoms in total. The third-order valence-electron chi connectivity index (χ3n) is 5.76. The Morgan fingerprint density at radius 1 is 0.824 bits per heavy atom. The first-order valence-electron chi connectivity index (χ1n) is 12.2. The molecular weight excluding hydrogens is 422 g/mol. The molecule has 0 atom stereocenters. The highest BCUT2D eigenvalue weighted by Gasteiger charge is 2.11. The van der Waals surface area contributed by atoms with E-state index in [0.717, 1.165) is 36.8 Å². The average Bonchev–Trinajstić information content (AvgIpc) is 2.88. The molecule has 0 N–H and O–H groups in total. The van der Waals surface area contributed by atoms with E-state index in [2.05, 4.69) is 19.9 Å². The standard InChI is InChI=1S/C30H33NO3/c1-3-5-7-9-23-10-17-28(18-11-23)34-30(32)25-14-12-24(13-15-25)26-16-19-29(27(21-26)22-31)33-20-8-6-4-2/h10-19,21H,3-9,20H2,1-2H3. The lowest BCUT2D eigenvalue weighted by molar-refractivity contribution is 0.0734. The van der Waals surface area contributed by atoms with Gasteiger partial charge < -0.3 is 9.47 Å². The quantitative estimate of drug-likeness (QED) is 0.159. The van der Waals surface area contributed by atoms with E-state index in [-0.39, 0.29) is 5.97 Å². The maximum Gasteiger partial charge on any atom is 0.343 e. The first-order chi connectivity index (χ1) is 16.6. The number of carbonyl (C=O) groups excluding carboxylic acids is 1. The Morgan fingerprint density at radius 2 is 1.50 bits per heavy atom. The molecule has 4 heteroatoms. The number of esters is 1. The van der Waals surface area contributed by atoms with Gasteiger partial charge in [-0.25, -0.2) is 4.79 Å². The molecule has 0 radical (unpaired) electrons. The summed E-state index contributed by atoms with van der Waals surface area (Å²) in [7, 11) is 0. The molecule has 3 rings (SSSR count). The highest BCUT2D eigenvalue weighted by atomic mass is 16.5. The molecule has 0 fully saturated rings. The molecule has 0 saturated heterocycles. The van der Waals surface area contributed by atoms with E-state index in [1.54, 1.807) is 12.1 Å². The number of hydrogen-bond acceptors (Lipinski definition) is 4. The van der Waals surface area contributed by atoms with E-state index in [1.165, 1.54) is 24.8 Å². The molecular formula is C30H33NO3. The number of nitrogens with zero attached hydrogens (tertiary/aromatic N) is 1. The summed E-state index contributed by atoms with van der Waals surface area (Å²) >= 11 is 0. The predicted octanol–water partition coefficient (Wildman–Crippen LogP) is 7.75. The summed E-state index contributed by atoms with van der Waals surface area (Å²) in [6.45, 7) is 4.95. The second-order valence-corrected chi connectivity index (χ2v) is 8.45. The molecule has 0 aliphatic heterocycles. The number of ether oxygens (including phenoxy) is 2. The van der Waals surface area contributed by atoms with E-state index in [4.69, 9.17) is 9.47 Å². The van der Waals surface area contributed by atoms with Crippen LogP contribution in [-0.2, 0) is 6.42 Å². The second kappa shape index (κ2) is 13.2. The van der Waals surface area contributed by atoms with Gasteiger partial charge in [0, 0.05) is 0 Å². The Hall–Kier alpha value is -3.58. The van der Waals surface area contributed by atoms with Crippen molar-refractivity contribution in [1.82, 2.24) is 0 Å². The van der Waals surface area contributed by atoms with Gasteiger partial charge in [-0.15, -0.1) is 0 Å². The molecule has 0 unspecified atom stereocenters. The smallest absolute Gasteiger partial charge is 0.343 e. The second-order valence-electron chi connectivity index (χ2n) is 8.45. The molecule has 0 heterocycles. The Balaban J connectivity index is 1.62. The monoisotopic (exact) mass is 455 g/mol. The molecule has 0 aliphatic carbocycles. The van der Waals surface area contributed by atoms with Crippen molar-refractivity contribution in [3.8, 4) is 28.7 Å². The minimum Gasteiger partial charge on any atom is -0.492 e. The van der Waals surface area contributed by atoms with Crippen molar-refractivity contribution < 1.29 is 14.3 Å². The predicted molar refractivity (Wildman–Crippen MR) is 136 cm³/mol. The van der Waals surface area contributed by atoms with E-state index in [1.807, 2.05) is 54.6 Å². The van der Waals surface area contributed by atoms with Crippen LogP contribution in [0.5, 0.6) is 11.5 Å². The zero-order chi connectivity index (χ0) is 24.2. The number of carbonyl (C=O) groups is 1. The Morgan fingerprint density at radius 3 is 2.18 bits per heavy atom. The molecule has 0 saturated carbocycles. The Kier molecular flexibility index (Phi) is 9.73. The van der Waals surface area contributed by atoms with Crippen LogP contribution in [0, 0.1) is 11.3 Å². The fourth-order valence-electron chi connectivity index (χ4n) is 3.72. The fraction of sp³-hybridized carbons (Fsp3) is 0.333. The van der Waals surface area contributed by atoms with Gasteiger partial charge in [0.25, 0.3) is 0 Å². The summed E-state index contributed by atoms with van der Waals surface area (Å²) in [6, 6.07) is 22.8. The van der Waals surface area contributed by atoms with Gasteiger partial charge in [-0.1, -0.05) is 69.9 Å². The lowest BCUT2D eigenvalue weighted by atomic mass is 10.0. The lowest BCUT2D eigenvalue weighted by Crippen LogP contribution is -2.08. The molecule has 0 amide bonds. The van der Waals surface area contributed by atoms with Gasteiger partial charge in [-0.2, -0.15) is 5.26 Å². The molecule has 0 aromatic heterocycles. The summed E-state index contributed by atoms with van der Waals surface area (Å²) in [4.78, 5) is 12.6. The number of rotatable bonds is 12. The Bertz CT molecular complexity index is 1100. The molecule has 0 spiro atoms. The van der Waals surface area contributed by atoms with Crippen molar-refractivity contribution in [2.24, 2.45) is 0 Å². The van der Waals surface area contributed by atoms with Gasteiger partial charge in [0.15, 0.2) is 0 Å². The number of aryl methyl sites for hydroxylation is 1. The van der Waals surface area contributed by atoms with Crippen LogP contribution < -0.4 is 9.47 Å². The molecule has 3 aromatic rings. The molecule has 3 aromatic carbocycles. The maximum atomic E-state index is 12.6. The number of benzene rings is 3. The van der Waals surface area contributed by atoms with Gasteiger partial charge >= 0.3 is 5.97 Å². The number of hydrogen-bond donors (Lipinski definition) is 0. The summed E-state index contributed by atoms with van der Waals surface area (Å²) in [5.41, 5.74) is 4.06. The van der Waals surface area contributed by atoms with E-state index in [0.29, 0.717) is 29.2 Å². The first kappa shape index (κ1) is 25.1. The highest BCUT2D eigenvalue weighted by molar-refractivity contribution is 5.91. The van der Waals surface area contributed by atoms with Crippen LogP contribution in [0.1, 0.15) is 73.9 Å².